The predicted molar refractivity (Wildman–Crippen MR) is 104 cm³/mol. The van der Waals surface area contributed by atoms with E-state index in [1.54, 1.807) is 0 Å². The molecule has 1 aliphatic carbocycles. The molecule has 0 aliphatic heterocycles. The second kappa shape index (κ2) is 8.44. The second-order valence-corrected chi connectivity index (χ2v) is 7.28. The van der Waals surface area contributed by atoms with Gasteiger partial charge in [0.05, 0.1) is 0 Å². The first-order chi connectivity index (χ1) is 12.6. The van der Waals surface area contributed by atoms with Crippen molar-refractivity contribution in [3.05, 3.63) is 33.8 Å². The van der Waals surface area contributed by atoms with Crippen molar-refractivity contribution in [3.63, 3.8) is 0 Å². The molecule has 1 N–H and O–H groups in total. The van der Waals surface area contributed by atoms with Gasteiger partial charge in [-0.1, -0.05) is 23.0 Å². The summed E-state index contributed by atoms with van der Waals surface area (Å²) in [6, 6.07) is 0. The number of hydrogen-bond donors (Lipinski definition) is 1. The number of rotatable bonds is 7. The predicted octanol–water partition coefficient (Wildman–Crippen LogP) is 2.62. The van der Waals surface area contributed by atoms with Gasteiger partial charge in [-0.15, -0.1) is 5.10 Å². The number of carbonyl (C=O) groups is 1. The molecule has 2 aromatic heterocycles. The first-order valence-corrected chi connectivity index (χ1v) is 10.1. The van der Waals surface area contributed by atoms with Crippen LogP contribution < -0.4 is 15.8 Å². The van der Waals surface area contributed by atoms with E-state index in [1.165, 1.54) is 40.5 Å². The lowest BCUT2D eigenvalue weighted by Gasteiger charge is -2.15. The summed E-state index contributed by atoms with van der Waals surface area (Å²) in [5.74, 6) is -0.384. The molecule has 2 aromatic rings. The molecular weight excluding hydrogens is 350 g/mol. The molecule has 0 unspecified atom stereocenters. The van der Waals surface area contributed by atoms with Crippen molar-refractivity contribution in [1.29, 1.82) is 0 Å². The lowest BCUT2D eigenvalue weighted by Crippen LogP contribution is -2.32. The van der Waals surface area contributed by atoms with Crippen molar-refractivity contribution in [2.24, 2.45) is 0 Å². The maximum absolute atomic E-state index is 12.6. The van der Waals surface area contributed by atoms with Gasteiger partial charge in [-0.3, -0.25) is 9.59 Å². The van der Waals surface area contributed by atoms with Gasteiger partial charge in [0.15, 0.2) is 0 Å². The second-order valence-electron chi connectivity index (χ2n) is 6.34. The molecule has 26 heavy (non-hydrogen) atoms. The fourth-order valence-corrected chi connectivity index (χ4v) is 4.11. The Kier molecular flexibility index (Phi) is 6.03. The van der Waals surface area contributed by atoms with Crippen molar-refractivity contribution >= 4 is 27.3 Å². The van der Waals surface area contributed by atoms with Gasteiger partial charge >= 0.3 is 0 Å². The van der Waals surface area contributed by atoms with E-state index >= 15 is 0 Å². The molecule has 2 heterocycles. The van der Waals surface area contributed by atoms with Crippen LogP contribution in [0.25, 0.3) is 4.96 Å². The average molecular weight is 375 g/mol. The third-order valence-corrected chi connectivity index (χ3v) is 5.65. The maximum atomic E-state index is 12.6. The summed E-state index contributed by atoms with van der Waals surface area (Å²) in [5.41, 5.74) is 1.01. The lowest BCUT2D eigenvalue weighted by molar-refractivity contribution is 0.0952. The minimum Gasteiger partial charge on any atom is -0.351 e. The minimum absolute atomic E-state index is 0.0384. The number of nitrogens with one attached hydrogen (secondary N) is 1. The average Bonchev–Trinajstić information content (AvgIpc) is 3.09. The van der Waals surface area contributed by atoms with Gasteiger partial charge in [0.25, 0.3) is 11.5 Å². The summed E-state index contributed by atoms with van der Waals surface area (Å²) in [6.45, 7) is 6.20. The monoisotopic (exact) mass is 375 g/mol. The first-order valence-electron chi connectivity index (χ1n) is 9.24. The number of fused-ring (bicyclic) bond motifs is 1. The molecular formula is C18H25N5O2S. The van der Waals surface area contributed by atoms with E-state index in [0.29, 0.717) is 11.5 Å². The van der Waals surface area contributed by atoms with E-state index in [-0.39, 0.29) is 11.5 Å². The van der Waals surface area contributed by atoms with Gasteiger partial charge in [0.2, 0.25) is 10.1 Å². The summed E-state index contributed by atoms with van der Waals surface area (Å²) in [6.07, 6.45) is 9.18. The van der Waals surface area contributed by atoms with E-state index in [9.17, 15) is 9.59 Å². The van der Waals surface area contributed by atoms with Crippen LogP contribution in [-0.2, 0) is 0 Å². The molecule has 0 radical (unpaired) electrons. The van der Waals surface area contributed by atoms with Crippen molar-refractivity contribution in [2.75, 3.05) is 24.5 Å². The smallest absolute Gasteiger partial charge is 0.288 e. The van der Waals surface area contributed by atoms with Crippen LogP contribution in [0.1, 0.15) is 56.3 Å². The number of anilines is 1. The highest BCUT2D eigenvalue weighted by Crippen LogP contribution is 2.21. The fraction of sp³-hybridized carbons (Fsp3) is 0.556. The molecule has 0 fully saturated rings. The third-order valence-electron chi connectivity index (χ3n) is 4.67. The first kappa shape index (κ1) is 18.6. The molecule has 140 valence electrons. The molecule has 0 bridgehead atoms. The van der Waals surface area contributed by atoms with Crippen molar-refractivity contribution in [2.45, 2.75) is 46.0 Å². The van der Waals surface area contributed by atoms with E-state index in [2.05, 4.69) is 26.4 Å². The standard InChI is InChI=1S/C18H25N5O2S/c1-3-22(4-2)18-21-23-16(25)14(12-20-17(23)26-18)15(24)19-11-10-13-8-6-5-7-9-13/h8,12H,3-7,9-11H2,1-2H3,(H,19,24). The summed E-state index contributed by atoms with van der Waals surface area (Å²) >= 11 is 1.35. The molecule has 0 atom stereocenters. The lowest BCUT2D eigenvalue weighted by atomic mass is 9.97. The van der Waals surface area contributed by atoms with Crippen molar-refractivity contribution in [3.8, 4) is 0 Å². The van der Waals surface area contributed by atoms with E-state index in [1.807, 2.05) is 13.8 Å². The van der Waals surface area contributed by atoms with Crippen LogP contribution in [0.2, 0.25) is 0 Å². The molecule has 7 nitrogen and oxygen atoms in total. The Morgan fingerprint density at radius 1 is 1.35 bits per heavy atom. The van der Waals surface area contributed by atoms with E-state index in [4.69, 9.17) is 0 Å². The number of carbonyl (C=O) groups excluding carboxylic acids is 1. The van der Waals surface area contributed by atoms with E-state index in [0.717, 1.165) is 37.5 Å². The topological polar surface area (TPSA) is 79.6 Å². The van der Waals surface area contributed by atoms with Crippen molar-refractivity contribution < 1.29 is 4.79 Å². The molecule has 1 amide bonds. The van der Waals surface area contributed by atoms with Crippen LogP contribution in [0, 0.1) is 0 Å². The summed E-state index contributed by atoms with van der Waals surface area (Å²) < 4.78 is 1.23. The number of hydrogen-bond acceptors (Lipinski definition) is 6. The van der Waals surface area contributed by atoms with Gasteiger partial charge in [-0.25, -0.2) is 4.98 Å². The molecule has 0 saturated heterocycles. The zero-order valence-electron chi connectivity index (χ0n) is 15.3. The van der Waals surface area contributed by atoms with Crippen LogP contribution >= 0.6 is 11.3 Å². The summed E-state index contributed by atoms with van der Waals surface area (Å²) in [5, 5.41) is 7.92. The third kappa shape index (κ3) is 3.95. The number of aromatic nitrogens is 3. The van der Waals surface area contributed by atoms with Gasteiger partial charge in [0.1, 0.15) is 5.56 Å². The zero-order valence-corrected chi connectivity index (χ0v) is 16.1. The van der Waals surface area contributed by atoms with Crippen LogP contribution in [0.5, 0.6) is 0 Å². The summed E-state index contributed by atoms with van der Waals surface area (Å²) in [4.78, 5) is 31.8. The Bertz CT molecular complexity index is 866. The molecule has 0 aromatic carbocycles. The number of nitrogens with zero attached hydrogens (tertiary/aromatic N) is 4. The highest BCUT2D eigenvalue weighted by molar-refractivity contribution is 7.20. The largest absolute Gasteiger partial charge is 0.351 e. The van der Waals surface area contributed by atoms with Gasteiger partial charge in [0, 0.05) is 25.8 Å². The Balaban J connectivity index is 1.72. The molecule has 0 saturated carbocycles. The van der Waals surface area contributed by atoms with Crippen molar-refractivity contribution in [1.82, 2.24) is 19.9 Å². The number of amides is 1. The molecule has 1 aliphatic rings. The maximum Gasteiger partial charge on any atom is 0.288 e. The Hall–Kier alpha value is -2.22. The zero-order chi connectivity index (χ0) is 18.5. The van der Waals surface area contributed by atoms with Crippen LogP contribution in [0.3, 0.4) is 0 Å². The van der Waals surface area contributed by atoms with E-state index < -0.39 is 5.56 Å². The Labute approximate surface area is 156 Å². The van der Waals surface area contributed by atoms with Gasteiger partial charge in [-0.05, 0) is 46.0 Å². The normalized spacial score (nSPS) is 14.3. The quantitative estimate of drug-likeness (QED) is 0.753. The molecule has 3 rings (SSSR count). The van der Waals surface area contributed by atoms with Gasteiger partial charge in [-0.2, -0.15) is 4.52 Å². The van der Waals surface area contributed by atoms with Crippen LogP contribution in [0.15, 0.2) is 22.6 Å². The number of allylic oxidation sites excluding steroid dienone is 1. The van der Waals surface area contributed by atoms with Crippen LogP contribution in [-0.4, -0.2) is 40.1 Å². The Morgan fingerprint density at radius 3 is 2.85 bits per heavy atom. The van der Waals surface area contributed by atoms with Gasteiger partial charge < -0.3 is 10.2 Å². The Morgan fingerprint density at radius 2 is 2.15 bits per heavy atom. The minimum atomic E-state index is -0.418. The van der Waals surface area contributed by atoms with Crippen LogP contribution in [0.4, 0.5) is 5.13 Å². The highest BCUT2D eigenvalue weighted by Gasteiger charge is 2.17. The highest BCUT2D eigenvalue weighted by atomic mass is 32.1. The SMILES string of the molecule is CCN(CC)c1nn2c(=O)c(C(=O)NCCC3=CCCCC3)cnc2s1. The molecule has 8 heteroatoms. The fourth-order valence-electron chi connectivity index (χ4n) is 3.12. The summed E-state index contributed by atoms with van der Waals surface area (Å²) in [7, 11) is 0. The molecule has 0 spiro atoms.